The van der Waals surface area contributed by atoms with Crippen molar-refractivity contribution in [3.63, 3.8) is 0 Å². The van der Waals surface area contributed by atoms with E-state index < -0.39 is 0 Å². The zero-order valence-corrected chi connectivity index (χ0v) is 11.4. The van der Waals surface area contributed by atoms with Gasteiger partial charge in [-0.15, -0.1) is 0 Å². The van der Waals surface area contributed by atoms with Gasteiger partial charge in [0.15, 0.2) is 0 Å². The maximum atomic E-state index is 10.4. The van der Waals surface area contributed by atoms with Gasteiger partial charge in [-0.1, -0.05) is 24.8 Å². The molecule has 0 saturated carbocycles. The van der Waals surface area contributed by atoms with Gasteiger partial charge in [-0.3, -0.25) is 0 Å². The Morgan fingerprint density at radius 2 is 1.95 bits per heavy atom. The van der Waals surface area contributed by atoms with Gasteiger partial charge in [-0.2, -0.15) is 0 Å². The number of rotatable bonds is 7. The number of hydrogen-bond donors (Lipinski definition) is 2. The lowest BCUT2D eigenvalue weighted by molar-refractivity contribution is -0.107. The minimum absolute atomic E-state index is 0.452. The number of allylic oxidation sites excluding steroid dienone is 3. The van der Waals surface area contributed by atoms with E-state index >= 15 is 0 Å². The molecule has 2 N–H and O–H groups in total. The molecule has 3 nitrogen and oxygen atoms in total. The van der Waals surface area contributed by atoms with E-state index in [1.165, 1.54) is 0 Å². The first-order valence-corrected chi connectivity index (χ1v) is 6.20. The van der Waals surface area contributed by atoms with Crippen LogP contribution in [0.4, 0.5) is 5.69 Å². The highest BCUT2D eigenvalue weighted by molar-refractivity contribution is 5.57. The highest BCUT2D eigenvalue weighted by Crippen LogP contribution is 2.12. The molecule has 0 amide bonds. The van der Waals surface area contributed by atoms with Crippen LogP contribution >= 0.6 is 0 Å². The van der Waals surface area contributed by atoms with Gasteiger partial charge in [0.1, 0.15) is 6.29 Å². The Hall–Kier alpha value is -2.29. The second-order valence-electron chi connectivity index (χ2n) is 4.05. The van der Waals surface area contributed by atoms with E-state index in [-0.39, 0.29) is 0 Å². The fourth-order valence-electron chi connectivity index (χ4n) is 1.56. The molecule has 0 aliphatic heterocycles. The number of benzene rings is 1. The van der Waals surface area contributed by atoms with Crippen LogP contribution in [0.5, 0.6) is 0 Å². The summed E-state index contributed by atoms with van der Waals surface area (Å²) in [7, 11) is 1.88. The minimum Gasteiger partial charge on any atom is -0.388 e. The van der Waals surface area contributed by atoms with Crippen molar-refractivity contribution in [2.24, 2.45) is 0 Å². The summed E-state index contributed by atoms with van der Waals surface area (Å²) in [5.74, 6) is 0. The lowest BCUT2D eigenvalue weighted by atomic mass is 10.1. The Balaban J connectivity index is 2.59. The predicted octanol–water partition coefficient (Wildman–Crippen LogP) is 3.03. The molecule has 0 fully saturated rings. The van der Waals surface area contributed by atoms with Crippen LogP contribution < -0.4 is 10.6 Å². The number of anilines is 1. The van der Waals surface area contributed by atoms with E-state index in [2.05, 4.69) is 17.2 Å². The third-order valence-electron chi connectivity index (χ3n) is 2.64. The van der Waals surface area contributed by atoms with Crippen LogP contribution in [0.25, 0.3) is 0 Å². The van der Waals surface area contributed by atoms with E-state index in [0.717, 1.165) is 28.9 Å². The molecule has 1 rings (SSSR count). The zero-order valence-electron chi connectivity index (χ0n) is 11.4. The first-order chi connectivity index (χ1) is 9.19. The number of nitrogens with one attached hydrogen (secondary N) is 2. The van der Waals surface area contributed by atoms with Gasteiger partial charge in [0.25, 0.3) is 0 Å². The second-order valence-corrected chi connectivity index (χ2v) is 4.05. The predicted molar refractivity (Wildman–Crippen MR) is 80.9 cm³/mol. The van der Waals surface area contributed by atoms with Gasteiger partial charge < -0.3 is 15.4 Å². The third kappa shape index (κ3) is 5.25. The van der Waals surface area contributed by atoms with Crippen molar-refractivity contribution in [2.45, 2.75) is 13.3 Å². The number of carbonyl (C=O) groups excluding carboxylic acids is 1. The molecule has 100 valence electrons. The molecule has 0 heterocycles. The molecule has 0 aliphatic carbocycles. The first kappa shape index (κ1) is 14.8. The summed E-state index contributed by atoms with van der Waals surface area (Å²) in [5, 5.41) is 6.25. The maximum Gasteiger partial charge on any atom is 0.124 e. The molecular formula is C16H20N2O. The second kappa shape index (κ2) is 7.93. The van der Waals surface area contributed by atoms with Crippen LogP contribution in [-0.2, 0) is 11.2 Å². The molecule has 19 heavy (non-hydrogen) atoms. The van der Waals surface area contributed by atoms with Crippen molar-refractivity contribution < 1.29 is 4.79 Å². The van der Waals surface area contributed by atoms with Gasteiger partial charge in [-0.05, 0) is 36.8 Å². The van der Waals surface area contributed by atoms with Gasteiger partial charge in [0, 0.05) is 30.5 Å². The Morgan fingerprint density at radius 3 is 2.47 bits per heavy atom. The van der Waals surface area contributed by atoms with Gasteiger partial charge in [0.2, 0.25) is 0 Å². The van der Waals surface area contributed by atoms with Crippen LogP contribution in [0.3, 0.4) is 0 Å². The summed E-state index contributed by atoms with van der Waals surface area (Å²) in [6.07, 6.45) is 7.20. The maximum absolute atomic E-state index is 10.4. The Morgan fingerprint density at radius 1 is 1.26 bits per heavy atom. The molecule has 0 saturated heterocycles. The molecule has 0 unspecified atom stereocenters. The Labute approximate surface area is 114 Å². The van der Waals surface area contributed by atoms with Crippen molar-refractivity contribution in [1.82, 2.24) is 5.32 Å². The van der Waals surface area contributed by atoms with Crippen LogP contribution in [-0.4, -0.2) is 13.3 Å². The topological polar surface area (TPSA) is 41.1 Å². The van der Waals surface area contributed by atoms with E-state index in [1.54, 1.807) is 0 Å². The van der Waals surface area contributed by atoms with E-state index in [9.17, 15) is 4.79 Å². The van der Waals surface area contributed by atoms with Crippen molar-refractivity contribution in [1.29, 1.82) is 0 Å². The Kier molecular flexibility index (Phi) is 6.16. The number of carbonyl (C=O) groups is 1. The molecule has 0 aliphatic rings. The molecule has 1 aromatic carbocycles. The molecule has 0 bridgehead atoms. The minimum atomic E-state index is 0.452. The average Bonchev–Trinajstić information content (AvgIpc) is 2.42. The number of likely N-dealkylation sites (N-methyl/N-ethyl adjacent to an activating group) is 1. The summed E-state index contributed by atoms with van der Waals surface area (Å²) in [6.45, 7) is 5.91. The van der Waals surface area contributed by atoms with Gasteiger partial charge in [-0.25, -0.2) is 0 Å². The normalized spacial score (nSPS) is 11.4. The molecular weight excluding hydrogens is 236 g/mol. The number of aldehydes is 1. The van der Waals surface area contributed by atoms with Crippen LogP contribution in [0.1, 0.15) is 12.5 Å². The first-order valence-electron chi connectivity index (χ1n) is 6.20. The summed E-state index contributed by atoms with van der Waals surface area (Å²) in [6, 6.07) is 7.73. The average molecular weight is 256 g/mol. The molecule has 1 aromatic rings. The molecule has 0 radical (unpaired) electrons. The lowest BCUT2D eigenvalue weighted by Crippen LogP contribution is -2.03. The highest BCUT2D eigenvalue weighted by atomic mass is 16.1. The monoisotopic (exact) mass is 256 g/mol. The van der Waals surface area contributed by atoms with E-state index in [1.807, 2.05) is 56.5 Å². The molecule has 3 heteroatoms. The van der Waals surface area contributed by atoms with Gasteiger partial charge >= 0.3 is 0 Å². The van der Waals surface area contributed by atoms with E-state index in [4.69, 9.17) is 0 Å². The van der Waals surface area contributed by atoms with Crippen LogP contribution in [0, 0.1) is 0 Å². The summed E-state index contributed by atoms with van der Waals surface area (Å²) < 4.78 is 0. The zero-order chi connectivity index (χ0) is 14.1. The fraction of sp³-hybridized carbons (Fsp3) is 0.188. The van der Waals surface area contributed by atoms with Gasteiger partial charge in [0.05, 0.1) is 0 Å². The third-order valence-corrected chi connectivity index (χ3v) is 2.64. The summed E-state index contributed by atoms with van der Waals surface area (Å²) >= 11 is 0. The highest BCUT2D eigenvalue weighted by Gasteiger charge is 1.95. The van der Waals surface area contributed by atoms with Crippen molar-refractivity contribution in [3.05, 3.63) is 66.0 Å². The largest absolute Gasteiger partial charge is 0.388 e. The van der Waals surface area contributed by atoms with Crippen molar-refractivity contribution in [3.8, 4) is 0 Å². The quantitative estimate of drug-likeness (QED) is 0.582. The lowest BCUT2D eigenvalue weighted by Gasteiger charge is -2.07. The summed E-state index contributed by atoms with van der Waals surface area (Å²) in [5.41, 5.74) is 3.80. The summed E-state index contributed by atoms with van der Waals surface area (Å²) in [4.78, 5) is 10.4. The fourth-order valence-corrected chi connectivity index (χ4v) is 1.56. The molecule has 0 spiro atoms. The smallest absolute Gasteiger partial charge is 0.124 e. The van der Waals surface area contributed by atoms with Crippen molar-refractivity contribution in [2.75, 3.05) is 12.4 Å². The SMILES string of the molecule is C=C(/C=C/C(=C/C)NC)Nc1ccc(CC=O)cc1. The molecule has 0 atom stereocenters. The van der Waals surface area contributed by atoms with Crippen molar-refractivity contribution >= 4 is 12.0 Å². The van der Waals surface area contributed by atoms with Crippen LogP contribution in [0.2, 0.25) is 0 Å². The Bertz CT molecular complexity index is 484. The number of hydrogen-bond acceptors (Lipinski definition) is 3. The van der Waals surface area contributed by atoms with Crippen LogP contribution in [0.15, 0.2) is 60.5 Å². The standard InChI is InChI=1S/C16H20N2O/c1-4-15(17-3)8-5-13(2)18-16-9-6-14(7-10-16)11-12-19/h4-10,12,17-18H,2,11H2,1,3H3/b8-5+,15-4-. The molecule has 0 aromatic heterocycles. The van der Waals surface area contributed by atoms with E-state index in [0.29, 0.717) is 6.42 Å².